The number of thiocarbonyl (C=S) groups is 1. The van der Waals surface area contributed by atoms with Gasteiger partial charge in [0.25, 0.3) is 0 Å². The van der Waals surface area contributed by atoms with Gasteiger partial charge < -0.3 is 0 Å². The summed E-state index contributed by atoms with van der Waals surface area (Å²) in [7, 11) is 0. The van der Waals surface area contributed by atoms with Crippen LogP contribution in [-0.2, 0) is 0 Å². The molecule has 0 spiro atoms. The van der Waals surface area contributed by atoms with Gasteiger partial charge in [0, 0.05) is 5.92 Å². The van der Waals surface area contributed by atoms with Crippen LogP contribution in [0.1, 0.15) is 36.4 Å². The van der Waals surface area contributed by atoms with E-state index in [9.17, 15) is 0 Å². The Bertz CT molecular complexity index is 845. The molecular weight excluding hydrogens is 340 g/mol. The standard InChI is InChI=1S/C21H22N4S/c22-23-21(26)25-20(16-10-5-2-6-11-16)18-13-7-12-17(19(18)24-25)14-15-8-3-1-4-9-15/h1-6,8-11,14,18,20H,7,12-13,22H2,(H,23,26)/b17-14+/t18-,20+/m0/s1. The smallest absolute Gasteiger partial charge is 0.204 e. The molecule has 0 bridgehead atoms. The Kier molecular flexibility index (Phi) is 4.82. The maximum absolute atomic E-state index is 5.62. The predicted octanol–water partition coefficient (Wildman–Crippen LogP) is 4.03. The minimum Gasteiger partial charge on any atom is -0.299 e. The number of rotatable bonds is 2. The second kappa shape index (κ2) is 7.40. The quantitative estimate of drug-likeness (QED) is 0.481. The van der Waals surface area contributed by atoms with E-state index in [-0.39, 0.29) is 6.04 Å². The third-order valence-electron chi connectivity index (χ3n) is 5.11. The van der Waals surface area contributed by atoms with Crippen molar-refractivity contribution < 1.29 is 0 Å². The van der Waals surface area contributed by atoms with Crippen molar-refractivity contribution in [2.45, 2.75) is 25.3 Å². The Morgan fingerprint density at radius 3 is 2.50 bits per heavy atom. The van der Waals surface area contributed by atoms with E-state index in [0.717, 1.165) is 25.0 Å². The summed E-state index contributed by atoms with van der Waals surface area (Å²) < 4.78 is 0. The minimum atomic E-state index is 0.0919. The molecule has 26 heavy (non-hydrogen) atoms. The van der Waals surface area contributed by atoms with Gasteiger partial charge in [-0.1, -0.05) is 60.7 Å². The minimum absolute atomic E-state index is 0.0919. The molecule has 1 aliphatic heterocycles. The number of hydrazone groups is 1. The van der Waals surface area contributed by atoms with Gasteiger partial charge in [0.15, 0.2) is 0 Å². The summed E-state index contributed by atoms with van der Waals surface area (Å²) in [5.41, 5.74) is 7.48. The van der Waals surface area contributed by atoms with Gasteiger partial charge in [0.2, 0.25) is 5.11 Å². The predicted molar refractivity (Wildman–Crippen MR) is 110 cm³/mol. The number of nitrogens with two attached hydrogens (primary N) is 1. The van der Waals surface area contributed by atoms with Gasteiger partial charge in [-0.05, 0) is 54.3 Å². The monoisotopic (exact) mass is 362 g/mol. The molecule has 2 aliphatic rings. The van der Waals surface area contributed by atoms with Crippen LogP contribution in [-0.4, -0.2) is 15.8 Å². The van der Waals surface area contributed by atoms with Gasteiger partial charge in [-0.3, -0.25) is 5.43 Å². The number of hydrazine groups is 1. The molecular formula is C21H22N4S. The lowest BCUT2D eigenvalue weighted by Gasteiger charge is -2.30. The van der Waals surface area contributed by atoms with Gasteiger partial charge in [0.1, 0.15) is 0 Å². The zero-order chi connectivity index (χ0) is 17.9. The number of allylic oxidation sites excluding steroid dienone is 1. The van der Waals surface area contributed by atoms with Crippen LogP contribution >= 0.6 is 12.2 Å². The molecule has 2 aromatic carbocycles. The van der Waals surface area contributed by atoms with Crippen LogP contribution in [0.2, 0.25) is 0 Å². The van der Waals surface area contributed by atoms with Crippen LogP contribution in [0.15, 0.2) is 71.3 Å². The summed E-state index contributed by atoms with van der Waals surface area (Å²) in [5.74, 6) is 5.95. The summed E-state index contributed by atoms with van der Waals surface area (Å²) in [6, 6.07) is 21.0. The highest BCUT2D eigenvalue weighted by Crippen LogP contribution is 2.44. The molecule has 5 heteroatoms. The molecule has 0 amide bonds. The number of nitrogens with zero attached hydrogens (tertiary/aromatic N) is 2. The molecule has 4 rings (SSSR count). The van der Waals surface area contributed by atoms with Crippen molar-refractivity contribution in [1.82, 2.24) is 10.4 Å². The molecule has 0 radical (unpaired) electrons. The topological polar surface area (TPSA) is 53.6 Å². The van der Waals surface area contributed by atoms with E-state index < -0.39 is 0 Å². The van der Waals surface area contributed by atoms with E-state index >= 15 is 0 Å². The second-order valence-electron chi connectivity index (χ2n) is 6.71. The molecule has 1 aliphatic carbocycles. The number of benzene rings is 2. The first kappa shape index (κ1) is 16.9. The Hall–Kier alpha value is -2.50. The van der Waals surface area contributed by atoms with Crippen molar-refractivity contribution >= 4 is 29.1 Å². The van der Waals surface area contributed by atoms with E-state index in [1.54, 1.807) is 0 Å². The van der Waals surface area contributed by atoms with Crippen molar-refractivity contribution in [2.24, 2.45) is 16.9 Å². The van der Waals surface area contributed by atoms with Crippen molar-refractivity contribution in [2.75, 3.05) is 0 Å². The highest BCUT2D eigenvalue weighted by molar-refractivity contribution is 7.80. The molecule has 4 nitrogen and oxygen atoms in total. The maximum atomic E-state index is 5.62. The number of hydrogen-bond donors (Lipinski definition) is 2. The molecule has 2 aromatic rings. The fraction of sp³-hybridized carbons (Fsp3) is 0.238. The second-order valence-corrected chi connectivity index (χ2v) is 7.10. The SMILES string of the molecule is NNC(=S)N1N=C2/C(=C/c3ccccc3)CCC[C@@H]2[C@H]1c1ccccc1. The van der Waals surface area contributed by atoms with Crippen molar-refractivity contribution in [3.63, 3.8) is 0 Å². The fourth-order valence-electron chi connectivity index (χ4n) is 3.97. The van der Waals surface area contributed by atoms with Crippen LogP contribution in [0, 0.1) is 5.92 Å². The molecule has 2 atom stereocenters. The normalized spacial score (nSPS) is 23.5. The van der Waals surface area contributed by atoms with Crippen molar-refractivity contribution in [3.8, 4) is 0 Å². The van der Waals surface area contributed by atoms with Crippen LogP contribution < -0.4 is 11.3 Å². The number of fused-ring (bicyclic) bond motifs is 1. The van der Waals surface area contributed by atoms with Crippen LogP contribution in [0.25, 0.3) is 6.08 Å². The lowest BCUT2D eigenvalue weighted by molar-refractivity contribution is 0.300. The van der Waals surface area contributed by atoms with Gasteiger partial charge in [-0.15, -0.1) is 0 Å². The zero-order valence-corrected chi connectivity index (χ0v) is 15.3. The third kappa shape index (κ3) is 3.16. The molecule has 1 saturated carbocycles. The van der Waals surface area contributed by atoms with Crippen LogP contribution in [0.4, 0.5) is 0 Å². The molecule has 0 saturated heterocycles. The summed E-state index contributed by atoms with van der Waals surface area (Å²) in [5, 5.41) is 7.26. The lowest BCUT2D eigenvalue weighted by atomic mass is 9.77. The first-order valence-electron chi connectivity index (χ1n) is 8.97. The van der Waals surface area contributed by atoms with Crippen LogP contribution in [0.3, 0.4) is 0 Å². The number of nitrogens with one attached hydrogen (secondary N) is 1. The molecule has 132 valence electrons. The largest absolute Gasteiger partial charge is 0.299 e. The van der Waals surface area contributed by atoms with Gasteiger partial charge in [0.05, 0.1) is 11.8 Å². The average molecular weight is 363 g/mol. The Morgan fingerprint density at radius 1 is 1.12 bits per heavy atom. The highest BCUT2D eigenvalue weighted by atomic mass is 32.1. The molecule has 0 aromatic heterocycles. The van der Waals surface area contributed by atoms with Gasteiger partial charge in [-0.2, -0.15) is 5.10 Å². The molecule has 3 N–H and O–H groups in total. The molecule has 1 fully saturated rings. The summed E-state index contributed by atoms with van der Waals surface area (Å²) >= 11 is 5.45. The lowest BCUT2D eigenvalue weighted by Crippen LogP contribution is -2.41. The summed E-state index contributed by atoms with van der Waals surface area (Å²) in [6.07, 6.45) is 5.56. The summed E-state index contributed by atoms with van der Waals surface area (Å²) in [6.45, 7) is 0. The number of hydrogen-bond acceptors (Lipinski definition) is 3. The Labute approximate surface area is 159 Å². The van der Waals surface area contributed by atoms with Gasteiger partial charge >= 0.3 is 0 Å². The van der Waals surface area contributed by atoms with Gasteiger partial charge in [-0.25, -0.2) is 10.9 Å². The first-order chi connectivity index (χ1) is 12.8. The summed E-state index contributed by atoms with van der Waals surface area (Å²) in [4.78, 5) is 0. The zero-order valence-electron chi connectivity index (χ0n) is 14.5. The van der Waals surface area contributed by atoms with Crippen molar-refractivity contribution in [1.29, 1.82) is 0 Å². The van der Waals surface area contributed by atoms with Crippen molar-refractivity contribution in [3.05, 3.63) is 77.4 Å². The highest BCUT2D eigenvalue weighted by Gasteiger charge is 2.42. The maximum Gasteiger partial charge on any atom is 0.204 e. The molecule has 1 heterocycles. The fourth-order valence-corrected chi connectivity index (χ4v) is 4.12. The Morgan fingerprint density at radius 2 is 1.81 bits per heavy atom. The van der Waals surface area contributed by atoms with E-state index in [0.29, 0.717) is 11.0 Å². The molecule has 0 unspecified atom stereocenters. The van der Waals surface area contributed by atoms with Crippen LogP contribution in [0.5, 0.6) is 0 Å². The van der Waals surface area contributed by atoms with E-state index in [4.69, 9.17) is 23.2 Å². The Balaban J connectivity index is 1.74. The van der Waals surface area contributed by atoms with E-state index in [2.05, 4.69) is 60.0 Å². The average Bonchev–Trinajstić information content (AvgIpc) is 3.09. The van der Waals surface area contributed by atoms with E-state index in [1.165, 1.54) is 16.7 Å². The first-order valence-corrected chi connectivity index (χ1v) is 9.38. The third-order valence-corrected chi connectivity index (χ3v) is 5.42. The van der Waals surface area contributed by atoms with E-state index in [1.807, 2.05) is 17.1 Å².